The highest BCUT2D eigenvalue weighted by Crippen LogP contribution is 2.18. The van der Waals surface area contributed by atoms with Gasteiger partial charge in [0.2, 0.25) is 0 Å². The Morgan fingerprint density at radius 3 is 2.40 bits per heavy atom. The van der Waals surface area contributed by atoms with E-state index in [1.54, 1.807) is 38.1 Å². The minimum Gasteiger partial charge on any atom is -0.298 e. The van der Waals surface area contributed by atoms with E-state index >= 15 is 0 Å². The molecular formula is C12H12ClNO. The van der Waals surface area contributed by atoms with E-state index in [9.17, 15) is 4.79 Å². The molecule has 0 amide bonds. The summed E-state index contributed by atoms with van der Waals surface area (Å²) >= 11 is 5.73. The maximum atomic E-state index is 11.7. The van der Waals surface area contributed by atoms with Crippen LogP contribution in [0.4, 0.5) is 0 Å². The maximum absolute atomic E-state index is 11.7. The summed E-state index contributed by atoms with van der Waals surface area (Å²) in [5.41, 5.74) is -0.0349. The summed E-state index contributed by atoms with van der Waals surface area (Å²) < 4.78 is 0. The SMILES string of the molecule is CC(C)(C#N)C(=O)Cc1ccc(Cl)cc1. The second kappa shape index (κ2) is 4.46. The first-order valence-corrected chi connectivity index (χ1v) is 5.02. The molecule has 0 atom stereocenters. The van der Waals surface area contributed by atoms with Crippen molar-refractivity contribution in [1.29, 1.82) is 5.26 Å². The lowest BCUT2D eigenvalue weighted by Gasteiger charge is -2.13. The number of carbonyl (C=O) groups excluding carboxylic acids is 1. The van der Waals surface area contributed by atoms with Crippen molar-refractivity contribution < 1.29 is 4.79 Å². The van der Waals surface area contributed by atoms with Crippen LogP contribution in [-0.2, 0) is 11.2 Å². The summed E-state index contributed by atoms with van der Waals surface area (Å²) in [5, 5.41) is 9.44. The molecule has 15 heavy (non-hydrogen) atoms. The number of carbonyl (C=O) groups is 1. The highest BCUT2D eigenvalue weighted by atomic mass is 35.5. The number of rotatable bonds is 3. The Labute approximate surface area is 94.5 Å². The Balaban J connectivity index is 2.76. The molecule has 0 heterocycles. The molecule has 1 aromatic carbocycles. The minimum absolute atomic E-state index is 0.0766. The molecule has 0 spiro atoms. The van der Waals surface area contributed by atoms with Crippen LogP contribution in [0.1, 0.15) is 19.4 Å². The van der Waals surface area contributed by atoms with Gasteiger partial charge in [0.1, 0.15) is 5.41 Å². The van der Waals surface area contributed by atoms with Gasteiger partial charge in [-0.3, -0.25) is 4.79 Å². The fraction of sp³-hybridized carbons (Fsp3) is 0.333. The second-order valence-corrected chi connectivity index (χ2v) is 4.40. The molecule has 0 aliphatic carbocycles. The van der Waals surface area contributed by atoms with Gasteiger partial charge in [-0.05, 0) is 31.5 Å². The molecule has 0 saturated carbocycles. The first kappa shape index (κ1) is 11.7. The molecule has 0 aliphatic rings. The van der Waals surface area contributed by atoms with E-state index in [4.69, 9.17) is 16.9 Å². The average Bonchev–Trinajstić information content (AvgIpc) is 2.21. The van der Waals surface area contributed by atoms with Crippen molar-refractivity contribution in [3.8, 4) is 6.07 Å². The van der Waals surface area contributed by atoms with E-state index in [0.717, 1.165) is 5.56 Å². The van der Waals surface area contributed by atoms with Gasteiger partial charge < -0.3 is 0 Å². The summed E-state index contributed by atoms with van der Waals surface area (Å²) in [6.07, 6.45) is 0.276. The third-order valence-corrected chi connectivity index (χ3v) is 2.51. The third-order valence-electron chi connectivity index (χ3n) is 2.25. The number of Topliss-reactive ketones (excluding diaryl/α,β-unsaturated/α-hetero) is 1. The zero-order valence-corrected chi connectivity index (χ0v) is 9.51. The number of ketones is 1. The number of hydrogen-bond acceptors (Lipinski definition) is 2. The molecule has 0 aliphatic heterocycles. The highest BCUT2D eigenvalue weighted by Gasteiger charge is 2.26. The van der Waals surface area contributed by atoms with Crippen LogP contribution in [-0.4, -0.2) is 5.78 Å². The monoisotopic (exact) mass is 221 g/mol. The van der Waals surface area contributed by atoms with Crippen LogP contribution in [0.5, 0.6) is 0 Å². The first-order chi connectivity index (χ1) is 6.95. The largest absolute Gasteiger partial charge is 0.298 e. The molecule has 1 rings (SSSR count). The number of hydrogen-bond donors (Lipinski definition) is 0. The Morgan fingerprint density at radius 1 is 1.40 bits per heavy atom. The first-order valence-electron chi connectivity index (χ1n) is 4.65. The van der Waals surface area contributed by atoms with Gasteiger partial charge in [-0.2, -0.15) is 5.26 Å². The zero-order chi connectivity index (χ0) is 11.5. The van der Waals surface area contributed by atoms with Crippen LogP contribution in [0, 0.1) is 16.7 Å². The summed E-state index contributed by atoms with van der Waals surface area (Å²) in [7, 11) is 0. The van der Waals surface area contributed by atoms with Crippen molar-refractivity contribution in [3.05, 3.63) is 34.9 Å². The van der Waals surface area contributed by atoms with Crippen LogP contribution in [0.15, 0.2) is 24.3 Å². The number of nitriles is 1. The van der Waals surface area contributed by atoms with Gasteiger partial charge in [0.05, 0.1) is 6.07 Å². The molecule has 0 radical (unpaired) electrons. The van der Waals surface area contributed by atoms with Gasteiger partial charge in [0.15, 0.2) is 5.78 Å². The molecular weight excluding hydrogens is 210 g/mol. The molecule has 0 unspecified atom stereocenters. The van der Waals surface area contributed by atoms with Crippen molar-refractivity contribution in [1.82, 2.24) is 0 Å². The lowest BCUT2D eigenvalue weighted by Crippen LogP contribution is -2.23. The Bertz CT molecular complexity index is 401. The molecule has 0 bridgehead atoms. The average molecular weight is 222 g/mol. The quantitative estimate of drug-likeness (QED) is 0.787. The van der Waals surface area contributed by atoms with Crippen LogP contribution in [0.25, 0.3) is 0 Å². The predicted octanol–water partition coefficient (Wildman–Crippen LogP) is 3.00. The van der Waals surface area contributed by atoms with Gasteiger partial charge >= 0.3 is 0 Å². The van der Waals surface area contributed by atoms with Gasteiger partial charge in [0.25, 0.3) is 0 Å². The van der Waals surface area contributed by atoms with Crippen molar-refractivity contribution >= 4 is 17.4 Å². The van der Waals surface area contributed by atoms with Gasteiger partial charge in [-0.15, -0.1) is 0 Å². The fourth-order valence-corrected chi connectivity index (χ4v) is 1.20. The van der Waals surface area contributed by atoms with Gasteiger partial charge in [0, 0.05) is 11.4 Å². The predicted molar refractivity (Wildman–Crippen MR) is 59.6 cm³/mol. The lowest BCUT2D eigenvalue weighted by molar-refractivity contribution is -0.123. The summed E-state index contributed by atoms with van der Waals surface area (Å²) in [5.74, 6) is -0.0766. The Morgan fingerprint density at radius 2 is 1.93 bits per heavy atom. The van der Waals surface area contributed by atoms with Crippen LogP contribution >= 0.6 is 11.6 Å². The topological polar surface area (TPSA) is 40.9 Å². The fourth-order valence-electron chi connectivity index (χ4n) is 1.07. The van der Waals surface area contributed by atoms with Crippen LogP contribution < -0.4 is 0 Å². The standard InChI is InChI=1S/C12H12ClNO/c1-12(2,8-14)11(15)7-9-3-5-10(13)6-4-9/h3-6H,7H2,1-2H3. The highest BCUT2D eigenvalue weighted by molar-refractivity contribution is 6.30. The molecule has 2 nitrogen and oxygen atoms in total. The van der Waals surface area contributed by atoms with Crippen molar-refractivity contribution in [2.45, 2.75) is 20.3 Å². The van der Waals surface area contributed by atoms with Crippen molar-refractivity contribution in [2.75, 3.05) is 0 Å². The molecule has 78 valence electrons. The van der Waals surface area contributed by atoms with Crippen LogP contribution in [0.2, 0.25) is 5.02 Å². The molecule has 0 saturated heterocycles. The summed E-state index contributed by atoms with van der Waals surface area (Å²) in [6, 6.07) is 9.07. The van der Waals surface area contributed by atoms with E-state index in [1.165, 1.54) is 0 Å². The summed E-state index contributed by atoms with van der Waals surface area (Å²) in [4.78, 5) is 11.7. The van der Waals surface area contributed by atoms with E-state index in [-0.39, 0.29) is 12.2 Å². The second-order valence-electron chi connectivity index (χ2n) is 3.96. The van der Waals surface area contributed by atoms with Crippen molar-refractivity contribution in [3.63, 3.8) is 0 Å². The van der Waals surface area contributed by atoms with Crippen molar-refractivity contribution in [2.24, 2.45) is 5.41 Å². The zero-order valence-electron chi connectivity index (χ0n) is 8.75. The number of benzene rings is 1. The normalized spacial score (nSPS) is 10.8. The molecule has 0 fully saturated rings. The van der Waals surface area contributed by atoms with Gasteiger partial charge in [-0.1, -0.05) is 23.7 Å². The Kier molecular flexibility index (Phi) is 3.49. The number of nitrogens with zero attached hydrogens (tertiary/aromatic N) is 1. The molecule has 3 heteroatoms. The molecule has 0 aromatic heterocycles. The Hall–Kier alpha value is -1.33. The maximum Gasteiger partial charge on any atom is 0.156 e. The molecule has 1 aromatic rings. The third kappa shape index (κ3) is 3.07. The minimum atomic E-state index is -0.917. The smallest absolute Gasteiger partial charge is 0.156 e. The van der Waals surface area contributed by atoms with E-state index in [2.05, 4.69) is 0 Å². The van der Waals surface area contributed by atoms with Gasteiger partial charge in [-0.25, -0.2) is 0 Å². The van der Waals surface area contributed by atoms with E-state index in [0.29, 0.717) is 5.02 Å². The number of halogens is 1. The van der Waals surface area contributed by atoms with Crippen LogP contribution in [0.3, 0.4) is 0 Å². The van der Waals surface area contributed by atoms with E-state index < -0.39 is 5.41 Å². The summed E-state index contributed by atoms with van der Waals surface area (Å²) in [6.45, 7) is 3.26. The molecule has 0 N–H and O–H groups in total. The van der Waals surface area contributed by atoms with E-state index in [1.807, 2.05) is 6.07 Å². The lowest BCUT2D eigenvalue weighted by atomic mass is 9.86.